The number of hydrogen-bond acceptors (Lipinski definition) is 6. The smallest absolute Gasteiger partial charge is 0.243 e. The standard InChI is InChI=1S/C18H31N5O2S2/c1-22(2)17(24)14-21-18(19-6-12-26-3)20-13-15(16-5-4-11-27-16)23-7-9-25-10-8-23/h4-5,11,15H,6-10,12-14H2,1-3H3,(H2,19,20,21). The minimum atomic E-state index is -0.0102. The van der Waals surface area contributed by atoms with Crippen molar-refractivity contribution >= 4 is 35.0 Å². The van der Waals surface area contributed by atoms with E-state index in [0.717, 1.165) is 45.1 Å². The Bertz CT molecular complexity index is 574. The zero-order chi connectivity index (χ0) is 19.5. The lowest BCUT2D eigenvalue weighted by molar-refractivity contribution is -0.127. The van der Waals surface area contributed by atoms with E-state index < -0.39 is 0 Å². The third kappa shape index (κ3) is 7.69. The number of thioether (sulfide) groups is 1. The average Bonchev–Trinajstić information content (AvgIpc) is 3.20. The van der Waals surface area contributed by atoms with Gasteiger partial charge in [0.2, 0.25) is 5.91 Å². The highest BCUT2D eigenvalue weighted by Crippen LogP contribution is 2.25. The quantitative estimate of drug-likeness (QED) is 0.359. The van der Waals surface area contributed by atoms with Crippen LogP contribution in [-0.4, -0.2) is 93.7 Å². The third-order valence-electron chi connectivity index (χ3n) is 4.29. The van der Waals surface area contributed by atoms with E-state index in [1.165, 1.54) is 4.88 Å². The molecule has 1 unspecified atom stereocenters. The van der Waals surface area contributed by atoms with Gasteiger partial charge in [0, 0.05) is 50.9 Å². The van der Waals surface area contributed by atoms with Crippen LogP contribution >= 0.6 is 23.1 Å². The van der Waals surface area contributed by atoms with Gasteiger partial charge in [-0.25, -0.2) is 4.99 Å². The molecule has 1 atom stereocenters. The fourth-order valence-electron chi connectivity index (χ4n) is 2.71. The van der Waals surface area contributed by atoms with Crippen LogP contribution < -0.4 is 10.6 Å². The molecule has 1 amide bonds. The van der Waals surface area contributed by atoms with Crippen molar-refractivity contribution in [1.82, 2.24) is 20.4 Å². The first-order valence-electron chi connectivity index (χ1n) is 9.18. The van der Waals surface area contributed by atoms with Crippen LogP contribution in [0.2, 0.25) is 0 Å². The molecule has 9 heteroatoms. The van der Waals surface area contributed by atoms with Crippen LogP contribution in [0, 0.1) is 0 Å². The largest absolute Gasteiger partial charge is 0.379 e. The number of thiophene rings is 1. The van der Waals surface area contributed by atoms with Crippen molar-refractivity contribution in [3.05, 3.63) is 22.4 Å². The molecule has 2 heterocycles. The van der Waals surface area contributed by atoms with Crippen molar-refractivity contribution in [2.75, 3.05) is 72.0 Å². The van der Waals surface area contributed by atoms with Gasteiger partial charge in [-0.2, -0.15) is 11.8 Å². The van der Waals surface area contributed by atoms with Crippen LogP contribution in [0.25, 0.3) is 0 Å². The number of aliphatic imine (C=N–C) groups is 1. The predicted octanol–water partition coefficient (Wildman–Crippen LogP) is 1.11. The van der Waals surface area contributed by atoms with Gasteiger partial charge in [-0.3, -0.25) is 9.69 Å². The minimum absolute atomic E-state index is 0.0102. The van der Waals surface area contributed by atoms with Gasteiger partial charge in [-0.05, 0) is 17.7 Å². The molecule has 7 nitrogen and oxygen atoms in total. The van der Waals surface area contributed by atoms with Gasteiger partial charge >= 0.3 is 0 Å². The highest BCUT2D eigenvalue weighted by Gasteiger charge is 2.23. The van der Waals surface area contributed by atoms with E-state index >= 15 is 0 Å². The van der Waals surface area contributed by atoms with E-state index in [1.54, 1.807) is 42.1 Å². The zero-order valence-corrected chi connectivity index (χ0v) is 18.1. The van der Waals surface area contributed by atoms with Crippen molar-refractivity contribution in [2.45, 2.75) is 6.04 Å². The summed E-state index contributed by atoms with van der Waals surface area (Å²) in [7, 11) is 3.49. The van der Waals surface area contributed by atoms with Crippen LogP contribution in [0.4, 0.5) is 0 Å². The Kier molecular flexibility index (Phi) is 9.96. The third-order valence-corrected chi connectivity index (χ3v) is 5.88. The summed E-state index contributed by atoms with van der Waals surface area (Å²) in [6.07, 6.45) is 2.08. The number of nitrogens with zero attached hydrogens (tertiary/aromatic N) is 3. The molecule has 152 valence electrons. The molecule has 2 N–H and O–H groups in total. The van der Waals surface area contributed by atoms with Gasteiger partial charge in [0.25, 0.3) is 0 Å². The maximum absolute atomic E-state index is 11.9. The molecule has 1 aromatic rings. The zero-order valence-electron chi connectivity index (χ0n) is 16.4. The fourth-order valence-corrected chi connectivity index (χ4v) is 3.87. The first-order chi connectivity index (χ1) is 13.1. The van der Waals surface area contributed by atoms with Gasteiger partial charge < -0.3 is 20.3 Å². The lowest BCUT2D eigenvalue weighted by Gasteiger charge is -2.34. The highest BCUT2D eigenvalue weighted by molar-refractivity contribution is 7.98. The molecule has 0 spiro atoms. The number of ether oxygens (including phenoxy) is 1. The second-order valence-corrected chi connectivity index (χ2v) is 8.40. The van der Waals surface area contributed by atoms with E-state index in [9.17, 15) is 4.79 Å². The Balaban J connectivity index is 2.01. The Morgan fingerprint density at radius 1 is 1.41 bits per heavy atom. The molecule has 0 bridgehead atoms. The summed E-state index contributed by atoms with van der Waals surface area (Å²) in [5, 5.41) is 8.88. The highest BCUT2D eigenvalue weighted by atomic mass is 32.2. The number of amides is 1. The Labute approximate surface area is 170 Å². The predicted molar refractivity (Wildman–Crippen MR) is 115 cm³/mol. The van der Waals surface area contributed by atoms with E-state index in [4.69, 9.17) is 4.74 Å². The van der Waals surface area contributed by atoms with E-state index in [-0.39, 0.29) is 18.5 Å². The first kappa shape index (κ1) is 22.0. The fraction of sp³-hybridized carbons (Fsp3) is 0.667. The lowest BCUT2D eigenvalue weighted by atomic mass is 10.2. The molecule has 1 fully saturated rings. The number of rotatable bonds is 9. The van der Waals surface area contributed by atoms with E-state index in [1.807, 2.05) is 0 Å². The molecule has 0 aromatic carbocycles. The summed E-state index contributed by atoms with van der Waals surface area (Å²) in [5.41, 5.74) is 0. The summed E-state index contributed by atoms with van der Waals surface area (Å²) in [4.78, 5) is 21.7. The van der Waals surface area contributed by atoms with Crippen molar-refractivity contribution in [1.29, 1.82) is 0 Å². The van der Waals surface area contributed by atoms with E-state index in [0.29, 0.717) is 5.96 Å². The van der Waals surface area contributed by atoms with Crippen LogP contribution in [0.1, 0.15) is 10.9 Å². The van der Waals surface area contributed by atoms with Gasteiger partial charge in [-0.15, -0.1) is 11.3 Å². The Morgan fingerprint density at radius 2 is 2.19 bits per heavy atom. The molecule has 27 heavy (non-hydrogen) atoms. The second-order valence-electron chi connectivity index (χ2n) is 6.43. The summed E-state index contributed by atoms with van der Waals surface area (Å²) in [5.74, 6) is 1.66. The van der Waals surface area contributed by atoms with Crippen LogP contribution in [0.15, 0.2) is 22.5 Å². The Hall–Kier alpha value is -1.29. The SMILES string of the molecule is CSCCNC(=NCC(=O)N(C)C)NCC(c1cccs1)N1CCOCC1. The van der Waals surface area contributed by atoms with Gasteiger partial charge in [0.1, 0.15) is 6.54 Å². The number of hydrogen-bond donors (Lipinski definition) is 2. The summed E-state index contributed by atoms with van der Waals surface area (Å²) in [6.45, 7) is 5.08. The number of guanidine groups is 1. The minimum Gasteiger partial charge on any atom is -0.379 e. The molecule has 1 saturated heterocycles. The number of carbonyl (C=O) groups excluding carboxylic acids is 1. The molecular formula is C18H31N5O2S2. The normalized spacial score (nSPS) is 16.8. The molecule has 1 aliphatic rings. The molecule has 0 aliphatic carbocycles. The molecule has 1 aromatic heterocycles. The van der Waals surface area contributed by atoms with Crippen molar-refractivity contribution in [3.63, 3.8) is 0 Å². The number of nitrogens with one attached hydrogen (secondary N) is 2. The van der Waals surface area contributed by atoms with Crippen molar-refractivity contribution in [2.24, 2.45) is 4.99 Å². The number of morpholine rings is 1. The van der Waals surface area contributed by atoms with Gasteiger partial charge in [0.05, 0.1) is 19.3 Å². The molecule has 2 rings (SSSR count). The molecule has 0 radical (unpaired) electrons. The maximum Gasteiger partial charge on any atom is 0.243 e. The average molecular weight is 414 g/mol. The first-order valence-corrected chi connectivity index (χ1v) is 11.5. The van der Waals surface area contributed by atoms with Crippen molar-refractivity contribution < 1.29 is 9.53 Å². The second kappa shape index (κ2) is 12.2. The topological polar surface area (TPSA) is 69.2 Å². The van der Waals surface area contributed by atoms with Crippen LogP contribution in [0.5, 0.6) is 0 Å². The van der Waals surface area contributed by atoms with E-state index in [2.05, 4.69) is 44.3 Å². The number of carbonyl (C=O) groups is 1. The lowest BCUT2D eigenvalue weighted by Crippen LogP contribution is -2.46. The Morgan fingerprint density at radius 3 is 2.81 bits per heavy atom. The summed E-state index contributed by atoms with van der Waals surface area (Å²) < 4.78 is 5.51. The maximum atomic E-state index is 11.9. The van der Waals surface area contributed by atoms with Crippen LogP contribution in [0.3, 0.4) is 0 Å². The number of likely N-dealkylation sites (N-methyl/N-ethyl adjacent to an activating group) is 1. The van der Waals surface area contributed by atoms with Crippen molar-refractivity contribution in [3.8, 4) is 0 Å². The molecule has 0 saturated carbocycles. The monoisotopic (exact) mass is 413 g/mol. The van der Waals surface area contributed by atoms with Gasteiger partial charge in [0.15, 0.2) is 5.96 Å². The molecule has 1 aliphatic heterocycles. The van der Waals surface area contributed by atoms with Crippen LogP contribution in [-0.2, 0) is 9.53 Å². The molecular weight excluding hydrogens is 382 g/mol. The summed E-state index contributed by atoms with van der Waals surface area (Å²) >= 11 is 3.55. The van der Waals surface area contributed by atoms with Gasteiger partial charge in [-0.1, -0.05) is 6.07 Å². The summed E-state index contributed by atoms with van der Waals surface area (Å²) in [6, 6.07) is 4.54.